The Kier molecular flexibility index (Phi) is 3.33. The van der Waals surface area contributed by atoms with E-state index in [1.54, 1.807) is 17.1 Å². The third kappa shape index (κ3) is 2.29. The zero-order valence-corrected chi connectivity index (χ0v) is 11.0. The van der Waals surface area contributed by atoms with E-state index in [1.165, 1.54) is 0 Å². The molecule has 1 aromatic heterocycles. The summed E-state index contributed by atoms with van der Waals surface area (Å²) < 4.78 is 2.67. The minimum Gasteiger partial charge on any atom is -0.324 e. The summed E-state index contributed by atoms with van der Waals surface area (Å²) in [6.07, 6.45) is 3.36. The molecule has 0 aliphatic heterocycles. The summed E-state index contributed by atoms with van der Waals surface area (Å²) in [7, 11) is 0. The average molecular weight is 301 g/mol. The van der Waals surface area contributed by atoms with E-state index in [-0.39, 0.29) is 6.04 Å². The Morgan fingerprint density at radius 2 is 2.25 bits per heavy atom. The molecule has 0 spiro atoms. The van der Waals surface area contributed by atoms with E-state index < -0.39 is 0 Å². The summed E-state index contributed by atoms with van der Waals surface area (Å²) in [5.74, 6) is 0. The van der Waals surface area contributed by atoms with Crippen molar-refractivity contribution in [3.05, 3.63) is 45.7 Å². The molecule has 2 N–H and O–H groups in total. The highest BCUT2D eigenvalue weighted by molar-refractivity contribution is 9.10. The van der Waals surface area contributed by atoms with E-state index in [4.69, 9.17) is 17.3 Å². The van der Waals surface area contributed by atoms with Crippen molar-refractivity contribution in [2.24, 2.45) is 5.73 Å². The molecule has 0 aliphatic carbocycles. The molecule has 16 heavy (non-hydrogen) atoms. The number of aromatic nitrogens is 2. The molecule has 1 heterocycles. The van der Waals surface area contributed by atoms with Gasteiger partial charge < -0.3 is 5.73 Å². The molecular weight excluding hydrogens is 289 g/mol. The fourth-order valence-electron chi connectivity index (χ4n) is 1.42. The van der Waals surface area contributed by atoms with Crippen molar-refractivity contribution in [1.82, 2.24) is 9.78 Å². The number of benzene rings is 1. The van der Waals surface area contributed by atoms with Gasteiger partial charge in [-0.25, -0.2) is 4.68 Å². The number of nitrogens with zero attached hydrogens (tertiary/aromatic N) is 2. The molecule has 0 fully saturated rings. The third-order valence-electron chi connectivity index (χ3n) is 2.30. The minimum atomic E-state index is 0.0200. The molecule has 0 aliphatic rings. The molecule has 2 aromatic rings. The standard InChI is InChI=1S/C11H11BrClN3/c1-7(14)8-2-3-11(10(12)4-8)16-6-9(13)5-15-16/h2-7H,14H2,1H3/t7-/m0/s1. The summed E-state index contributed by atoms with van der Waals surface area (Å²) in [5.41, 5.74) is 7.83. The summed E-state index contributed by atoms with van der Waals surface area (Å²) >= 11 is 9.33. The van der Waals surface area contributed by atoms with Crippen molar-refractivity contribution in [3.63, 3.8) is 0 Å². The molecule has 1 aromatic carbocycles. The second-order valence-electron chi connectivity index (χ2n) is 3.60. The number of rotatable bonds is 2. The predicted molar refractivity (Wildman–Crippen MR) is 68.9 cm³/mol. The Morgan fingerprint density at radius 1 is 1.50 bits per heavy atom. The molecule has 1 atom stereocenters. The quantitative estimate of drug-likeness (QED) is 0.924. The highest BCUT2D eigenvalue weighted by atomic mass is 79.9. The SMILES string of the molecule is C[C@H](N)c1ccc(-n2cc(Cl)cn2)c(Br)c1. The minimum absolute atomic E-state index is 0.0200. The maximum atomic E-state index is 5.83. The zero-order valence-electron chi connectivity index (χ0n) is 8.69. The fraction of sp³-hybridized carbons (Fsp3) is 0.182. The van der Waals surface area contributed by atoms with Gasteiger partial charge in [0.1, 0.15) is 0 Å². The highest BCUT2D eigenvalue weighted by Gasteiger charge is 2.07. The van der Waals surface area contributed by atoms with Crippen LogP contribution in [0.2, 0.25) is 5.02 Å². The van der Waals surface area contributed by atoms with Crippen LogP contribution in [0.15, 0.2) is 35.1 Å². The van der Waals surface area contributed by atoms with Crippen LogP contribution in [-0.4, -0.2) is 9.78 Å². The second-order valence-corrected chi connectivity index (χ2v) is 4.89. The van der Waals surface area contributed by atoms with E-state index in [1.807, 2.05) is 25.1 Å². The van der Waals surface area contributed by atoms with Crippen LogP contribution in [0.3, 0.4) is 0 Å². The zero-order chi connectivity index (χ0) is 11.7. The first kappa shape index (κ1) is 11.6. The van der Waals surface area contributed by atoms with Gasteiger partial charge >= 0.3 is 0 Å². The smallest absolute Gasteiger partial charge is 0.0790 e. The maximum absolute atomic E-state index is 5.83. The molecule has 0 saturated carbocycles. The second kappa shape index (κ2) is 4.57. The van der Waals surface area contributed by atoms with Crippen LogP contribution in [0.1, 0.15) is 18.5 Å². The Labute approximate surface area is 107 Å². The van der Waals surface area contributed by atoms with Gasteiger partial charge in [-0.3, -0.25) is 0 Å². The van der Waals surface area contributed by atoms with E-state index in [0.717, 1.165) is 15.7 Å². The lowest BCUT2D eigenvalue weighted by Gasteiger charge is -2.09. The van der Waals surface area contributed by atoms with Gasteiger partial charge in [-0.05, 0) is 40.5 Å². The Hall–Kier alpha value is -0.840. The van der Waals surface area contributed by atoms with Crippen molar-refractivity contribution in [3.8, 4) is 5.69 Å². The summed E-state index contributed by atoms with van der Waals surface area (Å²) in [6, 6.07) is 5.97. The molecule has 0 amide bonds. The summed E-state index contributed by atoms with van der Waals surface area (Å²) in [4.78, 5) is 0. The normalized spacial score (nSPS) is 12.8. The van der Waals surface area contributed by atoms with Crippen molar-refractivity contribution >= 4 is 27.5 Å². The van der Waals surface area contributed by atoms with Crippen LogP contribution >= 0.6 is 27.5 Å². The van der Waals surface area contributed by atoms with Gasteiger partial charge in [0, 0.05) is 16.7 Å². The van der Waals surface area contributed by atoms with Crippen molar-refractivity contribution in [1.29, 1.82) is 0 Å². The Bertz CT molecular complexity index is 508. The van der Waals surface area contributed by atoms with Gasteiger partial charge in [0.2, 0.25) is 0 Å². The van der Waals surface area contributed by atoms with Crippen LogP contribution in [0.4, 0.5) is 0 Å². The number of hydrogen-bond acceptors (Lipinski definition) is 2. The van der Waals surface area contributed by atoms with Crippen molar-refractivity contribution in [2.45, 2.75) is 13.0 Å². The van der Waals surface area contributed by atoms with Gasteiger partial charge in [-0.15, -0.1) is 0 Å². The van der Waals surface area contributed by atoms with Gasteiger partial charge in [-0.1, -0.05) is 17.7 Å². The van der Waals surface area contributed by atoms with Gasteiger partial charge in [0.25, 0.3) is 0 Å². The first-order valence-electron chi connectivity index (χ1n) is 4.83. The van der Waals surface area contributed by atoms with Crippen molar-refractivity contribution in [2.75, 3.05) is 0 Å². The molecule has 0 radical (unpaired) electrons. The molecule has 2 rings (SSSR count). The molecule has 0 bridgehead atoms. The molecule has 0 saturated heterocycles. The molecular formula is C11H11BrClN3. The fourth-order valence-corrected chi connectivity index (χ4v) is 2.14. The number of nitrogens with two attached hydrogens (primary N) is 1. The van der Waals surface area contributed by atoms with E-state index >= 15 is 0 Å². The van der Waals surface area contributed by atoms with Gasteiger partial charge in [-0.2, -0.15) is 5.10 Å². The van der Waals surface area contributed by atoms with Crippen LogP contribution in [0.5, 0.6) is 0 Å². The molecule has 84 valence electrons. The van der Waals surface area contributed by atoms with Crippen LogP contribution in [0, 0.1) is 0 Å². The molecule has 5 heteroatoms. The summed E-state index contributed by atoms with van der Waals surface area (Å²) in [5, 5.41) is 4.76. The van der Waals surface area contributed by atoms with Gasteiger partial charge in [0.15, 0.2) is 0 Å². The summed E-state index contributed by atoms with van der Waals surface area (Å²) in [6.45, 7) is 1.95. The highest BCUT2D eigenvalue weighted by Crippen LogP contribution is 2.25. The average Bonchev–Trinajstić information content (AvgIpc) is 2.64. The predicted octanol–water partition coefficient (Wildman–Crippen LogP) is 3.31. The largest absolute Gasteiger partial charge is 0.324 e. The molecule has 3 nitrogen and oxygen atoms in total. The lowest BCUT2D eigenvalue weighted by atomic mass is 10.1. The van der Waals surface area contributed by atoms with Crippen LogP contribution < -0.4 is 5.73 Å². The van der Waals surface area contributed by atoms with Crippen LogP contribution in [-0.2, 0) is 0 Å². The maximum Gasteiger partial charge on any atom is 0.0790 e. The topological polar surface area (TPSA) is 43.8 Å². The lowest BCUT2D eigenvalue weighted by molar-refractivity contribution is 0.812. The number of halogens is 2. The van der Waals surface area contributed by atoms with E-state index in [0.29, 0.717) is 5.02 Å². The molecule has 0 unspecified atom stereocenters. The Balaban J connectivity index is 2.44. The van der Waals surface area contributed by atoms with Gasteiger partial charge in [0.05, 0.1) is 16.9 Å². The van der Waals surface area contributed by atoms with Crippen LogP contribution in [0.25, 0.3) is 5.69 Å². The first-order chi connectivity index (χ1) is 7.58. The monoisotopic (exact) mass is 299 g/mol. The van der Waals surface area contributed by atoms with Crippen molar-refractivity contribution < 1.29 is 0 Å². The van der Waals surface area contributed by atoms with E-state index in [2.05, 4.69) is 21.0 Å². The van der Waals surface area contributed by atoms with E-state index in [9.17, 15) is 0 Å². The lowest BCUT2D eigenvalue weighted by Crippen LogP contribution is -2.05. The first-order valence-corrected chi connectivity index (χ1v) is 6.00. The number of hydrogen-bond donors (Lipinski definition) is 1. The third-order valence-corrected chi connectivity index (χ3v) is 3.13. The Morgan fingerprint density at radius 3 is 2.75 bits per heavy atom.